The monoisotopic (exact) mass is 444 g/mol. The quantitative estimate of drug-likeness (QED) is 0.532. The molecule has 5 rings (SSSR count). The first-order chi connectivity index (χ1) is 15.8. The Balaban J connectivity index is 1.52. The van der Waals surface area contributed by atoms with Gasteiger partial charge in [0.05, 0.1) is 35.7 Å². The third kappa shape index (κ3) is 3.10. The molecule has 0 N–H and O–H groups in total. The lowest BCUT2D eigenvalue weighted by atomic mass is 9.88. The van der Waals surface area contributed by atoms with Crippen LogP contribution in [0.25, 0.3) is 6.08 Å². The molecule has 7 heteroatoms. The molecule has 168 valence electrons. The Morgan fingerprint density at radius 2 is 1.70 bits per heavy atom. The van der Waals surface area contributed by atoms with Gasteiger partial charge < -0.3 is 9.64 Å². The minimum Gasteiger partial charge on any atom is -0.462 e. The summed E-state index contributed by atoms with van der Waals surface area (Å²) >= 11 is 0. The van der Waals surface area contributed by atoms with Crippen molar-refractivity contribution < 1.29 is 23.9 Å². The van der Waals surface area contributed by atoms with Gasteiger partial charge in [-0.05, 0) is 62.7 Å². The molecule has 2 fully saturated rings. The molecule has 2 amide bonds. The highest BCUT2D eigenvalue weighted by molar-refractivity contribution is 6.24. The van der Waals surface area contributed by atoms with Gasteiger partial charge in [-0.1, -0.05) is 23.8 Å². The number of carbonyl (C=O) groups excluding carboxylic acids is 4. The highest BCUT2D eigenvalue weighted by Crippen LogP contribution is 2.49. The molecule has 0 radical (unpaired) electrons. The number of aryl methyl sites for hydroxylation is 1. The molecular formula is C26H24N2O5. The van der Waals surface area contributed by atoms with Gasteiger partial charge in [-0.25, -0.2) is 9.69 Å². The first kappa shape index (κ1) is 21.1. The van der Waals surface area contributed by atoms with Gasteiger partial charge >= 0.3 is 5.97 Å². The Kier molecular flexibility index (Phi) is 4.92. The topological polar surface area (TPSA) is 84.0 Å². The fourth-order valence-electron chi connectivity index (χ4n) is 5.37. The number of benzene rings is 2. The summed E-state index contributed by atoms with van der Waals surface area (Å²) in [5.74, 6) is -2.73. The van der Waals surface area contributed by atoms with E-state index in [0.717, 1.165) is 21.7 Å². The molecule has 0 bridgehead atoms. The number of rotatable bonds is 4. The maximum atomic E-state index is 13.6. The molecule has 3 heterocycles. The van der Waals surface area contributed by atoms with Crippen molar-refractivity contribution in [1.82, 2.24) is 0 Å². The first-order valence-electron chi connectivity index (χ1n) is 11.1. The van der Waals surface area contributed by atoms with Crippen molar-refractivity contribution >= 4 is 41.0 Å². The summed E-state index contributed by atoms with van der Waals surface area (Å²) in [6.45, 7) is 5.46. The zero-order valence-corrected chi connectivity index (χ0v) is 18.6. The second kappa shape index (κ2) is 7.69. The molecule has 2 aromatic rings. The van der Waals surface area contributed by atoms with Gasteiger partial charge in [0, 0.05) is 5.69 Å². The number of anilines is 2. The molecule has 2 aromatic carbocycles. The van der Waals surface area contributed by atoms with Crippen LogP contribution in [0.1, 0.15) is 35.3 Å². The number of esters is 1. The number of ether oxygens (including phenoxy) is 1. The van der Waals surface area contributed by atoms with Crippen LogP contribution in [0.3, 0.4) is 0 Å². The molecule has 0 aliphatic carbocycles. The molecule has 4 atom stereocenters. The average molecular weight is 444 g/mol. The van der Waals surface area contributed by atoms with E-state index in [1.807, 2.05) is 42.2 Å². The molecule has 2 saturated heterocycles. The predicted octanol–water partition coefficient (Wildman–Crippen LogP) is 3.15. The Morgan fingerprint density at radius 3 is 2.36 bits per heavy atom. The van der Waals surface area contributed by atoms with Gasteiger partial charge in [-0.15, -0.1) is 0 Å². The predicted molar refractivity (Wildman–Crippen MR) is 123 cm³/mol. The van der Waals surface area contributed by atoms with E-state index in [1.165, 1.54) is 19.1 Å². The highest BCUT2D eigenvalue weighted by Gasteiger charge is 2.63. The number of carbonyl (C=O) groups is 4. The van der Waals surface area contributed by atoms with Crippen LogP contribution in [0.2, 0.25) is 0 Å². The summed E-state index contributed by atoms with van der Waals surface area (Å²) in [6, 6.07) is 11.1. The van der Waals surface area contributed by atoms with E-state index in [2.05, 4.69) is 0 Å². The van der Waals surface area contributed by atoms with Crippen molar-refractivity contribution in [2.75, 3.05) is 16.4 Å². The van der Waals surface area contributed by atoms with E-state index in [-0.39, 0.29) is 30.2 Å². The van der Waals surface area contributed by atoms with Crippen LogP contribution in [0.4, 0.5) is 11.4 Å². The summed E-state index contributed by atoms with van der Waals surface area (Å²) in [5.41, 5.74) is 3.67. The zero-order chi connectivity index (χ0) is 23.4. The fraction of sp³-hybridized carbons (Fsp3) is 0.308. The van der Waals surface area contributed by atoms with Crippen LogP contribution in [-0.4, -0.2) is 42.3 Å². The van der Waals surface area contributed by atoms with Gasteiger partial charge in [-0.3, -0.25) is 14.4 Å². The number of hydrogen-bond acceptors (Lipinski definition) is 6. The third-order valence-corrected chi connectivity index (χ3v) is 6.71. The van der Waals surface area contributed by atoms with E-state index in [0.29, 0.717) is 11.3 Å². The lowest BCUT2D eigenvalue weighted by molar-refractivity contribution is -0.126. The molecule has 33 heavy (non-hydrogen) atoms. The molecular weight excluding hydrogens is 420 g/mol. The Bertz CT molecular complexity index is 1220. The second-order valence-corrected chi connectivity index (χ2v) is 8.71. The van der Waals surface area contributed by atoms with Gasteiger partial charge in [0.25, 0.3) is 0 Å². The van der Waals surface area contributed by atoms with Gasteiger partial charge in [0.1, 0.15) is 6.04 Å². The van der Waals surface area contributed by atoms with Gasteiger partial charge in [0.2, 0.25) is 11.8 Å². The Morgan fingerprint density at radius 1 is 1.00 bits per heavy atom. The summed E-state index contributed by atoms with van der Waals surface area (Å²) < 4.78 is 4.99. The van der Waals surface area contributed by atoms with E-state index < -0.39 is 23.8 Å². The van der Waals surface area contributed by atoms with Gasteiger partial charge in [0.15, 0.2) is 5.78 Å². The van der Waals surface area contributed by atoms with Crippen LogP contribution in [-0.2, 0) is 19.1 Å². The van der Waals surface area contributed by atoms with Crippen molar-refractivity contribution in [3.05, 3.63) is 65.2 Å². The van der Waals surface area contributed by atoms with Crippen LogP contribution in [0, 0.1) is 18.8 Å². The molecule has 7 nitrogen and oxygen atoms in total. The van der Waals surface area contributed by atoms with Gasteiger partial charge in [-0.2, -0.15) is 0 Å². The van der Waals surface area contributed by atoms with Crippen molar-refractivity contribution in [3.63, 3.8) is 0 Å². The lowest BCUT2D eigenvalue weighted by Crippen LogP contribution is -2.48. The van der Waals surface area contributed by atoms with E-state index >= 15 is 0 Å². The Hall–Kier alpha value is -3.74. The lowest BCUT2D eigenvalue weighted by Gasteiger charge is -2.36. The number of hydrogen-bond donors (Lipinski definition) is 0. The smallest absolute Gasteiger partial charge is 0.338 e. The molecule has 3 aliphatic heterocycles. The maximum absolute atomic E-state index is 13.6. The third-order valence-electron chi connectivity index (χ3n) is 6.71. The maximum Gasteiger partial charge on any atom is 0.338 e. The molecule has 3 aliphatic rings. The summed E-state index contributed by atoms with van der Waals surface area (Å²) in [6.07, 6.45) is 3.90. The SMILES string of the molecule is CCOC(=O)c1ccc(N2C(=O)[C@H]3[C@H](C2=O)[C@H](C(C)=O)N2c4ccc(C)cc4C=C[C@H]32)cc1. The van der Waals surface area contributed by atoms with Crippen LogP contribution in [0.15, 0.2) is 48.5 Å². The minimum atomic E-state index is -0.762. The second-order valence-electron chi connectivity index (χ2n) is 8.71. The van der Waals surface area contributed by atoms with E-state index in [1.54, 1.807) is 19.1 Å². The van der Waals surface area contributed by atoms with Crippen molar-refractivity contribution in [2.24, 2.45) is 11.8 Å². The summed E-state index contributed by atoms with van der Waals surface area (Å²) in [4.78, 5) is 55.0. The zero-order valence-electron chi connectivity index (χ0n) is 18.6. The number of amides is 2. The molecule has 0 saturated carbocycles. The highest BCUT2D eigenvalue weighted by atomic mass is 16.5. The minimum absolute atomic E-state index is 0.144. The molecule has 0 aromatic heterocycles. The average Bonchev–Trinajstić information content (AvgIpc) is 3.27. The van der Waals surface area contributed by atoms with Crippen molar-refractivity contribution in [1.29, 1.82) is 0 Å². The molecule has 0 spiro atoms. The van der Waals surface area contributed by atoms with Crippen molar-refractivity contribution in [3.8, 4) is 0 Å². The standard InChI is InChI=1S/C26H24N2O5/c1-4-33-26(32)16-6-9-18(10-7-16)27-24(30)21-20-12-8-17-13-14(2)5-11-19(17)28(20)23(15(3)29)22(21)25(27)31/h5-13,20-23H,4H2,1-3H3/t20-,21-,22+,23+/m1/s1. The van der Waals surface area contributed by atoms with Crippen molar-refractivity contribution in [2.45, 2.75) is 32.9 Å². The Labute approximate surface area is 191 Å². The van der Waals surface area contributed by atoms with Crippen LogP contribution >= 0.6 is 0 Å². The fourth-order valence-corrected chi connectivity index (χ4v) is 5.37. The number of Topliss-reactive ketones (excluding diaryl/α,β-unsaturated/α-hetero) is 1. The number of imide groups is 1. The summed E-state index contributed by atoms with van der Waals surface area (Å²) in [5, 5.41) is 0. The van der Waals surface area contributed by atoms with Crippen LogP contribution < -0.4 is 9.80 Å². The largest absolute Gasteiger partial charge is 0.462 e. The summed E-state index contributed by atoms with van der Waals surface area (Å²) in [7, 11) is 0. The normalized spacial score (nSPS) is 25.1. The number of nitrogens with zero attached hydrogens (tertiary/aromatic N) is 2. The first-order valence-corrected chi connectivity index (χ1v) is 11.1. The molecule has 0 unspecified atom stereocenters. The number of fused-ring (bicyclic) bond motifs is 5. The number of ketones is 1. The van der Waals surface area contributed by atoms with E-state index in [4.69, 9.17) is 4.74 Å². The van der Waals surface area contributed by atoms with E-state index in [9.17, 15) is 19.2 Å². The van der Waals surface area contributed by atoms with Crippen LogP contribution in [0.5, 0.6) is 0 Å².